The molecule has 0 spiro atoms. The van der Waals surface area contributed by atoms with Crippen LogP contribution >= 0.6 is 11.8 Å². The van der Waals surface area contributed by atoms with Crippen LogP contribution in [-0.4, -0.2) is 39.9 Å². The van der Waals surface area contributed by atoms with Crippen LogP contribution in [0.4, 0.5) is 11.4 Å². The first-order chi connectivity index (χ1) is 27.2. The van der Waals surface area contributed by atoms with E-state index in [9.17, 15) is 24.6 Å². The Morgan fingerprint density at radius 2 is 1.43 bits per heavy atom. The smallest absolute Gasteiger partial charge is 0.335 e. The third kappa shape index (κ3) is 11.3. The van der Waals surface area contributed by atoms with E-state index in [1.54, 1.807) is 36.0 Å². The summed E-state index contributed by atoms with van der Waals surface area (Å²) in [4.78, 5) is 37.3. The monoisotopic (exact) mass is 773 g/mol. The Kier molecular flexibility index (Phi) is 14.3. The second kappa shape index (κ2) is 19.9. The zero-order chi connectivity index (χ0) is 39.3. The van der Waals surface area contributed by atoms with Crippen LogP contribution in [0.3, 0.4) is 0 Å². The number of para-hydroxylation sites is 2. The summed E-state index contributed by atoms with van der Waals surface area (Å²) in [7, 11) is 0. The van der Waals surface area contributed by atoms with Crippen LogP contribution in [-0.2, 0) is 32.2 Å². The maximum atomic E-state index is 12.7. The number of benzene rings is 5. The number of thioether (sulfide) groups is 1. The van der Waals surface area contributed by atoms with Crippen LogP contribution < -0.4 is 16.4 Å². The predicted octanol–water partition coefficient (Wildman–Crippen LogP) is 8.67. The van der Waals surface area contributed by atoms with Gasteiger partial charge in [-0.3, -0.25) is 9.59 Å². The van der Waals surface area contributed by atoms with Crippen molar-refractivity contribution in [3.8, 4) is 11.1 Å². The molecule has 2 amide bonds. The summed E-state index contributed by atoms with van der Waals surface area (Å²) in [6.07, 6.45) is 2.52. The normalized spacial score (nSPS) is 16.6. The number of rotatable bonds is 17. The largest absolute Gasteiger partial charge is 0.478 e. The van der Waals surface area contributed by atoms with Gasteiger partial charge < -0.3 is 36.1 Å². The van der Waals surface area contributed by atoms with Crippen molar-refractivity contribution in [3.63, 3.8) is 0 Å². The highest BCUT2D eigenvalue weighted by atomic mass is 32.2. The van der Waals surface area contributed by atoms with Gasteiger partial charge in [0, 0.05) is 42.0 Å². The van der Waals surface area contributed by atoms with Gasteiger partial charge in [0.25, 0.3) is 0 Å². The minimum absolute atomic E-state index is 0.0329. The summed E-state index contributed by atoms with van der Waals surface area (Å²) in [5, 5.41) is 24.7. The first kappa shape index (κ1) is 40.2. The van der Waals surface area contributed by atoms with Crippen molar-refractivity contribution in [2.45, 2.75) is 75.1 Å². The highest BCUT2D eigenvalue weighted by molar-refractivity contribution is 7.99. The van der Waals surface area contributed by atoms with Gasteiger partial charge in [-0.05, 0) is 77.1 Å². The number of carboxylic acids is 1. The lowest BCUT2D eigenvalue weighted by atomic mass is 9.97. The molecule has 6 N–H and O–H groups in total. The summed E-state index contributed by atoms with van der Waals surface area (Å²) >= 11 is 1.61. The summed E-state index contributed by atoms with van der Waals surface area (Å²) in [6.45, 7) is 0.358. The van der Waals surface area contributed by atoms with E-state index in [1.165, 1.54) is 0 Å². The van der Waals surface area contributed by atoms with Gasteiger partial charge in [0.15, 0.2) is 6.29 Å². The summed E-state index contributed by atoms with van der Waals surface area (Å²) in [5.41, 5.74) is 13.0. The van der Waals surface area contributed by atoms with E-state index in [-0.39, 0.29) is 36.2 Å². The van der Waals surface area contributed by atoms with E-state index in [4.69, 9.17) is 15.2 Å². The number of unbranched alkanes of at least 4 members (excludes halogenated alkanes) is 2. The van der Waals surface area contributed by atoms with Crippen LogP contribution in [0.15, 0.2) is 126 Å². The number of nitrogens with one attached hydrogen (secondary N) is 2. The number of aliphatic hydroxyl groups is 1. The van der Waals surface area contributed by atoms with Gasteiger partial charge in [-0.2, -0.15) is 0 Å². The molecule has 5 aromatic rings. The lowest BCUT2D eigenvalue weighted by Crippen LogP contribution is -2.31. The second-order valence-corrected chi connectivity index (χ2v) is 14.8. The molecule has 1 saturated heterocycles. The number of hydrogen-bond acceptors (Lipinski definition) is 8. The average Bonchev–Trinajstić information content (AvgIpc) is 3.23. The Morgan fingerprint density at radius 3 is 2.14 bits per heavy atom. The number of aromatic carboxylic acids is 1. The molecular weight excluding hydrogens is 727 g/mol. The SMILES string of the molecule is Nc1ccccc1NC(=O)CCCCCC(=O)NCc1ccccc1-c1ccc([C@@H]2O[C@H](CSc3ccc(C(=O)O)cc3)C[C@H](c3ccc(CO)cc3)O2)cc1. The zero-order valence-corrected chi connectivity index (χ0v) is 31.9. The van der Waals surface area contributed by atoms with Gasteiger partial charge in [0.2, 0.25) is 11.8 Å². The van der Waals surface area contributed by atoms with Crippen molar-refractivity contribution in [2.24, 2.45) is 0 Å². The number of nitrogen functional groups attached to an aromatic ring is 1. The Labute approximate surface area is 331 Å². The Hall–Kier alpha value is -5.46. The Bertz CT molecular complexity index is 2070. The summed E-state index contributed by atoms with van der Waals surface area (Å²) in [5.74, 6) is -0.430. The lowest BCUT2D eigenvalue weighted by Gasteiger charge is -2.36. The molecule has 0 bridgehead atoms. The van der Waals surface area contributed by atoms with E-state index >= 15 is 0 Å². The van der Waals surface area contributed by atoms with Crippen molar-refractivity contribution in [2.75, 3.05) is 16.8 Å². The minimum Gasteiger partial charge on any atom is -0.478 e. The molecule has 0 aromatic heterocycles. The van der Waals surface area contributed by atoms with Gasteiger partial charge in [-0.25, -0.2) is 4.79 Å². The topological polar surface area (TPSA) is 160 Å². The summed E-state index contributed by atoms with van der Waals surface area (Å²) < 4.78 is 13.1. The van der Waals surface area contributed by atoms with E-state index in [0.29, 0.717) is 55.8 Å². The number of nitrogens with two attached hydrogens (primary N) is 1. The van der Waals surface area contributed by atoms with Crippen molar-refractivity contribution in [3.05, 3.63) is 149 Å². The van der Waals surface area contributed by atoms with Gasteiger partial charge >= 0.3 is 5.97 Å². The molecule has 1 fully saturated rings. The van der Waals surface area contributed by atoms with Crippen LogP contribution in [0.2, 0.25) is 0 Å². The molecule has 0 radical (unpaired) electrons. The van der Waals surface area contributed by atoms with Gasteiger partial charge in [0.1, 0.15) is 0 Å². The molecule has 6 rings (SSSR count). The number of carboxylic acid groups (broad SMARTS) is 1. The maximum Gasteiger partial charge on any atom is 0.335 e. The van der Waals surface area contributed by atoms with Gasteiger partial charge in [0.05, 0.1) is 35.8 Å². The minimum atomic E-state index is -0.956. The Morgan fingerprint density at radius 1 is 0.750 bits per heavy atom. The fourth-order valence-corrected chi connectivity index (χ4v) is 7.46. The van der Waals surface area contributed by atoms with Crippen molar-refractivity contribution in [1.82, 2.24) is 5.32 Å². The first-order valence-corrected chi connectivity index (χ1v) is 19.8. The van der Waals surface area contributed by atoms with Crippen LogP contribution in [0.5, 0.6) is 0 Å². The zero-order valence-electron chi connectivity index (χ0n) is 31.1. The standard InChI is InChI=1S/C45H47N3O7S/c46-39-10-6-7-11-40(39)48-43(51)13-3-1-2-12-42(50)47-27-35-8-4-5-9-38(35)31-18-20-34(21-19-31)45-54-36(29-56-37-24-22-33(23-25-37)44(52)53)26-41(55-45)32-16-14-30(28-49)15-17-32/h4-11,14-25,36,41,45,49H,1-3,12-13,26-29,46H2,(H,47,50)(H,48,51)(H,52,53)/t36-,41+,45+/m0/s1. The second-order valence-electron chi connectivity index (χ2n) is 13.7. The van der Waals surface area contributed by atoms with Crippen LogP contribution in [0.1, 0.15) is 83.5 Å². The highest BCUT2D eigenvalue weighted by Gasteiger charge is 2.32. The molecule has 1 aliphatic heterocycles. The van der Waals surface area contributed by atoms with Crippen molar-refractivity contribution in [1.29, 1.82) is 0 Å². The van der Waals surface area contributed by atoms with Gasteiger partial charge in [-0.15, -0.1) is 11.8 Å². The summed E-state index contributed by atoms with van der Waals surface area (Å²) in [6, 6.07) is 37.9. The molecule has 1 aliphatic rings. The van der Waals surface area contributed by atoms with Crippen LogP contribution in [0.25, 0.3) is 11.1 Å². The van der Waals surface area contributed by atoms with Gasteiger partial charge in [-0.1, -0.05) is 91.3 Å². The quantitative estimate of drug-likeness (QED) is 0.0354. The van der Waals surface area contributed by atoms with E-state index in [1.807, 2.05) is 97.1 Å². The van der Waals surface area contributed by atoms with Crippen molar-refractivity contribution < 1.29 is 34.1 Å². The number of ether oxygens (including phenoxy) is 2. The van der Waals surface area contributed by atoms with Crippen LogP contribution in [0, 0.1) is 0 Å². The average molecular weight is 774 g/mol. The molecule has 0 saturated carbocycles. The fourth-order valence-electron chi connectivity index (χ4n) is 6.54. The van der Waals surface area contributed by atoms with E-state index in [0.717, 1.165) is 44.7 Å². The molecule has 56 heavy (non-hydrogen) atoms. The number of carbonyl (C=O) groups is 3. The Balaban J connectivity index is 1.03. The molecule has 3 atom stereocenters. The molecular formula is C45H47N3O7S. The van der Waals surface area contributed by atoms with E-state index < -0.39 is 12.3 Å². The fraction of sp³-hybridized carbons (Fsp3) is 0.267. The molecule has 11 heteroatoms. The third-order valence-corrected chi connectivity index (χ3v) is 10.8. The third-order valence-electron chi connectivity index (χ3n) is 9.68. The predicted molar refractivity (Wildman–Crippen MR) is 219 cm³/mol. The molecule has 0 unspecified atom stereocenters. The number of aliphatic hydroxyl groups excluding tert-OH is 1. The first-order valence-electron chi connectivity index (χ1n) is 18.8. The number of carbonyl (C=O) groups excluding carboxylic acids is 2. The molecule has 1 heterocycles. The highest BCUT2D eigenvalue weighted by Crippen LogP contribution is 2.40. The number of hydrogen-bond donors (Lipinski definition) is 5. The molecule has 10 nitrogen and oxygen atoms in total. The van der Waals surface area contributed by atoms with E-state index in [2.05, 4.69) is 10.6 Å². The maximum absolute atomic E-state index is 12.7. The molecule has 0 aliphatic carbocycles. The number of amides is 2. The number of anilines is 2. The van der Waals surface area contributed by atoms with Crippen molar-refractivity contribution >= 4 is 40.9 Å². The molecule has 290 valence electrons. The molecule has 5 aromatic carbocycles. The lowest BCUT2D eigenvalue weighted by molar-refractivity contribution is -0.245.